The normalized spacial score (nSPS) is 11.4. The molecule has 4 rings (SSSR count). The van der Waals surface area contributed by atoms with E-state index in [0.717, 1.165) is 11.1 Å². The van der Waals surface area contributed by atoms with Crippen molar-refractivity contribution in [1.82, 2.24) is 34.4 Å². The first-order chi connectivity index (χ1) is 9.33. The molecule has 0 aliphatic heterocycles. The molecule has 8 heteroatoms. The molecule has 0 atom stereocenters. The van der Waals surface area contributed by atoms with Gasteiger partial charge in [0.25, 0.3) is 11.3 Å². The van der Waals surface area contributed by atoms with Crippen molar-refractivity contribution in [2.75, 3.05) is 0 Å². The maximum atomic E-state index is 11.9. The van der Waals surface area contributed by atoms with Gasteiger partial charge in [-0.15, -0.1) is 0 Å². The van der Waals surface area contributed by atoms with Crippen LogP contribution in [-0.2, 0) is 0 Å². The van der Waals surface area contributed by atoms with Gasteiger partial charge in [-0.3, -0.25) is 9.89 Å². The molecular formula is C11H7N7O. The Hall–Kier alpha value is -3.03. The molecule has 4 aromatic heterocycles. The summed E-state index contributed by atoms with van der Waals surface area (Å²) in [6.07, 6.45) is 4.70. The minimum Gasteiger partial charge on any atom is -0.278 e. The lowest BCUT2D eigenvalue weighted by atomic mass is 10.2. The Kier molecular flexibility index (Phi) is 1.82. The highest BCUT2D eigenvalue weighted by Crippen LogP contribution is 2.20. The van der Waals surface area contributed by atoms with Crippen molar-refractivity contribution >= 4 is 11.3 Å². The monoisotopic (exact) mass is 253 g/mol. The first kappa shape index (κ1) is 9.95. The third-order valence-corrected chi connectivity index (χ3v) is 2.85. The molecule has 4 heterocycles. The number of hydrogen-bond donors (Lipinski definition) is 1. The van der Waals surface area contributed by atoms with E-state index in [1.54, 1.807) is 18.5 Å². The summed E-state index contributed by atoms with van der Waals surface area (Å²) in [5, 5.41) is 10.9. The third-order valence-electron chi connectivity index (χ3n) is 2.85. The van der Waals surface area contributed by atoms with E-state index in [1.165, 1.54) is 21.5 Å². The Labute approximate surface area is 105 Å². The summed E-state index contributed by atoms with van der Waals surface area (Å²) in [5.41, 5.74) is 1.84. The zero-order valence-corrected chi connectivity index (χ0v) is 9.56. The Morgan fingerprint density at radius 3 is 3.16 bits per heavy atom. The van der Waals surface area contributed by atoms with E-state index >= 15 is 0 Å². The Bertz CT molecular complexity index is 948. The second-order valence-electron chi connectivity index (χ2n) is 3.96. The average molecular weight is 253 g/mol. The quantitative estimate of drug-likeness (QED) is 0.520. The fraction of sp³-hybridized carbons (Fsp3) is 0. The number of aromatic nitrogens is 7. The van der Waals surface area contributed by atoms with E-state index in [-0.39, 0.29) is 5.56 Å². The lowest BCUT2D eigenvalue weighted by Crippen LogP contribution is -2.14. The molecule has 8 nitrogen and oxygen atoms in total. The first-order valence-electron chi connectivity index (χ1n) is 5.55. The fourth-order valence-electron chi connectivity index (χ4n) is 1.99. The van der Waals surface area contributed by atoms with Crippen LogP contribution in [0.5, 0.6) is 0 Å². The molecule has 0 saturated carbocycles. The summed E-state index contributed by atoms with van der Waals surface area (Å²) in [6.45, 7) is 0. The summed E-state index contributed by atoms with van der Waals surface area (Å²) < 4.78 is 2.76. The number of fused-ring (bicyclic) bond motifs is 2. The lowest BCUT2D eigenvalue weighted by Gasteiger charge is -1.98. The van der Waals surface area contributed by atoms with Crippen LogP contribution in [0.3, 0.4) is 0 Å². The van der Waals surface area contributed by atoms with Crippen molar-refractivity contribution in [3.8, 4) is 11.3 Å². The molecule has 19 heavy (non-hydrogen) atoms. The van der Waals surface area contributed by atoms with E-state index in [1.807, 2.05) is 6.07 Å². The second-order valence-corrected chi connectivity index (χ2v) is 3.96. The smallest absolute Gasteiger partial charge is 0.274 e. The van der Waals surface area contributed by atoms with E-state index < -0.39 is 0 Å². The molecule has 0 unspecified atom stereocenters. The highest BCUT2D eigenvalue weighted by Gasteiger charge is 2.11. The molecule has 0 aliphatic rings. The van der Waals surface area contributed by atoms with E-state index in [9.17, 15) is 4.79 Å². The second kappa shape index (κ2) is 3.48. The summed E-state index contributed by atoms with van der Waals surface area (Å²) in [4.78, 5) is 20.2. The zero-order valence-electron chi connectivity index (χ0n) is 9.56. The van der Waals surface area contributed by atoms with Crippen LogP contribution < -0.4 is 5.56 Å². The van der Waals surface area contributed by atoms with Crippen LogP contribution in [0.1, 0.15) is 0 Å². The van der Waals surface area contributed by atoms with Crippen LogP contribution in [0.4, 0.5) is 0 Å². The molecule has 0 aliphatic carbocycles. The number of nitrogens with zero attached hydrogens (tertiary/aromatic N) is 6. The molecule has 1 N–H and O–H groups in total. The SMILES string of the molecule is O=c1cc(-c2cnn3ncccc23)nc2nc[nH]n12. The van der Waals surface area contributed by atoms with Crippen molar-refractivity contribution in [2.24, 2.45) is 0 Å². The highest BCUT2D eigenvalue weighted by molar-refractivity contribution is 5.77. The van der Waals surface area contributed by atoms with Gasteiger partial charge in [-0.2, -0.15) is 19.3 Å². The summed E-state index contributed by atoms with van der Waals surface area (Å²) in [5.74, 6) is 0.325. The molecular weight excluding hydrogens is 246 g/mol. The maximum Gasteiger partial charge on any atom is 0.274 e. The fourth-order valence-corrected chi connectivity index (χ4v) is 1.99. The molecule has 0 bridgehead atoms. The first-order valence-corrected chi connectivity index (χ1v) is 5.55. The Morgan fingerprint density at radius 1 is 1.26 bits per heavy atom. The predicted molar refractivity (Wildman–Crippen MR) is 65.6 cm³/mol. The minimum atomic E-state index is -0.222. The van der Waals surface area contributed by atoms with E-state index in [4.69, 9.17) is 0 Å². The third kappa shape index (κ3) is 1.36. The van der Waals surface area contributed by atoms with Gasteiger partial charge in [0, 0.05) is 17.8 Å². The Morgan fingerprint density at radius 2 is 2.21 bits per heavy atom. The van der Waals surface area contributed by atoms with Crippen molar-refractivity contribution in [2.45, 2.75) is 0 Å². The van der Waals surface area contributed by atoms with Gasteiger partial charge >= 0.3 is 0 Å². The van der Waals surface area contributed by atoms with Gasteiger partial charge in [0.2, 0.25) is 0 Å². The molecule has 0 aromatic carbocycles. The van der Waals surface area contributed by atoms with E-state index in [2.05, 4.69) is 25.3 Å². The number of nitrogens with one attached hydrogen (secondary N) is 1. The van der Waals surface area contributed by atoms with Gasteiger partial charge in [-0.25, -0.2) is 9.97 Å². The predicted octanol–water partition coefficient (Wildman–Crippen LogP) is 0.127. The van der Waals surface area contributed by atoms with Crippen LogP contribution in [0, 0.1) is 0 Å². The average Bonchev–Trinajstić information content (AvgIpc) is 3.04. The van der Waals surface area contributed by atoms with Gasteiger partial charge in [0.05, 0.1) is 17.4 Å². The van der Waals surface area contributed by atoms with Crippen molar-refractivity contribution in [3.05, 3.63) is 47.3 Å². The van der Waals surface area contributed by atoms with Gasteiger partial charge in [0.1, 0.15) is 6.33 Å². The molecule has 92 valence electrons. The van der Waals surface area contributed by atoms with Crippen LogP contribution in [0.2, 0.25) is 0 Å². The van der Waals surface area contributed by atoms with Crippen molar-refractivity contribution < 1.29 is 0 Å². The topological polar surface area (TPSA) is 93.2 Å². The van der Waals surface area contributed by atoms with Crippen LogP contribution in [0.25, 0.3) is 22.6 Å². The van der Waals surface area contributed by atoms with Gasteiger partial charge in [-0.05, 0) is 12.1 Å². The van der Waals surface area contributed by atoms with Gasteiger partial charge in [0.15, 0.2) is 0 Å². The van der Waals surface area contributed by atoms with Crippen molar-refractivity contribution in [1.29, 1.82) is 0 Å². The molecule has 4 aromatic rings. The summed E-state index contributed by atoms with van der Waals surface area (Å²) in [7, 11) is 0. The highest BCUT2D eigenvalue weighted by atomic mass is 16.1. The molecule has 0 spiro atoms. The Balaban J connectivity index is 2.06. The zero-order chi connectivity index (χ0) is 12.8. The lowest BCUT2D eigenvalue weighted by molar-refractivity contribution is 0.800. The number of aromatic amines is 1. The molecule has 0 radical (unpaired) electrons. The standard InChI is InChI=1S/C11H7N7O/c19-10-4-8(16-11-12-6-15-17(10)11)7-5-14-18-9(7)2-1-3-13-18/h1-6H,(H,12,15,16). The summed E-state index contributed by atoms with van der Waals surface area (Å²) >= 11 is 0. The van der Waals surface area contributed by atoms with Crippen molar-refractivity contribution in [3.63, 3.8) is 0 Å². The number of rotatable bonds is 1. The van der Waals surface area contributed by atoms with Crippen LogP contribution in [-0.4, -0.2) is 34.4 Å². The molecule has 0 saturated heterocycles. The van der Waals surface area contributed by atoms with Crippen LogP contribution >= 0.6 is 0 Å². The molecule has 0 fully saturated rings. The number of H-pyrrole nitrogens is 1. The largest absolute Gasteiger partial charge is 0.278 e. The van der Waals surface area contributed by atoms with Gasteiger partial charge < -0.3 is 0 Å². The van der Waals surface area contributed by atoms with E-state index in [0.29, 0.717) is 11.5 Å². The van der Waals surface area contributed by atoms with Crippen LogP contribution in [0.15, 0.2) is 41.7 Å². The van der Waals surface area contributed by atoms with Gasteiger partial charge in [-0.1, -0.05) is 0 Å². The minimum absolute atomic E-state index is 0.222. The number of hydrogen-bond acceptors (Lipinski definition) is 5. The molecule has 0 amide bonds. The summed E-state index contributed by atoms with van der Waals surface area (Å²) in [6, 6.07) is 5.11. The maximum absolute atomic E-state index is 11.9.